The van der Waals surface area contributed by atoms with E-state index >= 15 is 0 Å². The summed E-state index contributed by atoms with van der Waals surface area (Å²) in [7, 11) is 0. The lowest BCUT2D eigenvalue weighted by molar-refractivity contribution is -0.145. The predicted molar refractivity (Wildman–Crippen MR) is 85.6 cm³/mol. The predicted octanol–water partition coefficient (Wildman–Crippen LogP) is 3.06. The Morgan fingerprint density at radius 3 is 2.64 bits per heavy atom. The van der Waals surface area contributed by atoms with Gasteiger partial charge in [0, 0.05) is 18.7 Å². The normalized spacial score (nSPS) is 22.9. The zero-order chi connectivity index (χ0) is 16.1. The molecule has 0 radical (unpaired) electrons. The molecule has 4 heteroatoms. The summed E-state index contributed by atoms with van der Waals surface area (Å²) in [5.74, 6) is -1.02. The van der Waals surface area contributed by atoms with Crippen LogP contribution in [0.1, 0.15) is 30.1 Å². The van der Waals surface area contributed by atoms with Gasteiger partial charge in [-0.05, 0) is 36.8 Å². The van der Waals surface area contributed by atoms with Crippen LogP contribution in [0.15, 0.2) is 43.0 Å². The van der Waals surface area contributed by atoms with Gasteiger partial charge in [0.15, 0.2) is 0 Å². The molecule has 4 nitrogen and oxygen atoms in total. The first kappa shape index (κ1) is 16.3. The summed E-state index contributed by atoms with van der Waals surface area (Å²) in [6.45, 7) is 6.90. The van der Waals surface area contributed by atoms with Crippen molar-refractivity contribution in [2.45, 2.75) is 19.8 Å². The molecule has 3 unspecified atom stereocenters. The van der Waals surface area contributed by atoms with Gasteiger partial charge < -0.3 is 10.0 Å². The Kier molecular flexibility index (Phi) is 5.36. The average molecular weight is 301 g/mol. The van der Waals surface area contributed by atoms with Gasteiger partial charge in [-0.1, -0.05) is 31.2 Å². The van der Waals surface area contributed by atoms with Crippen LogP contribution >= 0.6 is 0 Å². The Bertz CT molecular complexity index is 541. The molecule has 3 atom stereocenters. The third-order valence-electron chi connectivity index (χ3n) is 4.60. The SMILES string of the molecule is C=CC1CN(C(=O)c2ccccc2)CCC1C(CC)C(=O)O. The van der Waals surface area contributed by atoms with Gasteiger partial charge in [0.25, 0.3) is 5.91 Å². The highest BCUT2D eigenvalue weighted by Crippen LogP contribution is 2.33. The summed E-state index contributed by atoms with van der Waals surface area (Å²) >= 11 is 0. The third kappa shape index (κ3) is 3.38. The number of nitrogens with zero attached hydrogens (tertiary/aromatic N) is 1. The molecule has 1 N–H and O–H groups in total. The second-order valence-electron chi connectivity index (χ2n) is 5.82. The molecular weight excluding hydrogens is 278 g/mol. The molecule has 1 aliphatic heterocycles. The lowest BCUT2D eigenvalue weighted by atomic mass is 9.75. The molecule has 0 spiro atoms. The second-order valence-corrected chi connectivity index (χ2v) is 5.82. The number of piperidine rings is 1. The van der Waals surface area contributed by atoms with Crippen LogP contribution in [-0.2, 0) is 4.79 Å². The molecule has 2 rings (SSSR count). The van der Waals surface area contributed by atoms with Gasteiger partial charge >= 0.3 is 5.97 Å². The highest BCUT2D eigenvalue weighted by molar-refractivity contribution is 5.94. The van der Waals surface area contributed by atoms with Gasteiger partial charge in [-0.3, -0.25) is 9.59 Å². The summed E-state index contributed by atoms with van der Waals surface area (Å²) in [6, 6.07) is 9.20. The van der Waals surface area contributed by atoms with Gasteiger partial charge in [-0.15, -0.1) is 6.58 Å². The van der Waals surface area contributed by atoms with E-state index in [1.165, 1.54) is 0 Å². The van der Waals surface area contributed by atoms with Gasteiger partial charge in [0.1, 0.15) is 0 Å². The third-order valence-corrected chi connectivity index (χ3v) is 4.60. The molecule has 1 aromatic carbocycles. The minimum Gasteiger partial charge on any atom is -0.481 e. The summed E-state index contributed by atoms with van der Waals surface area (Å²) < 4.78 is 0. The minimum absolute atomic E-state index is 0.00859. The summed E-state index contributed by atoms with van der Waals surface area (Å²) in [5, 5.41) is 9.38. The monoisotopic (exact) mass is 301 g/mol. The van der Waals surface area contributed by atoms with Crippen molar-refractivity contribution in [3.63, 3.8) is 0 Å². The highest BCUT2D eigenvalue weighted by atomic mass is 16.4. The number of carboxylic acid groups (broad SMARTS) is 1. The molecule has 1 aromatic rings. The molecule has 0 saturated carbocycles. The fraction of sp³-hybridized carbons (Fsp3) is 0.444. The van der Waals surface area contributed by atoms with E-state index in [0.29, 0.717) is 31.5 Å². The topological polar surface area (TPSA) is 57.6 Å². The molecule has 1 amide bonds. The molecule has 0 aliphatic carbocycles. The van der Waals surface area contributed by atoms with Crippen LogP contribution in [0.5, 0.6) is 0 Å². The van der Waals surface area contributed by atoms with Crippen molar-refractivity contribution >= 4 is 11.9 Å². The molecular formula is C18H23NO3. The zero-order valence-corrected chi connectivity index (χ0v) is 12.9. The molecule has 1 heterocycles. The van der Waals surface area contributed by atoms with Crippen molar-refractivity contribution in [1.29, 1.82) is 0 Å². The van der Waals surface area contributed by atoms with Crippen LogP contribution in [0.25, 0.3) is 0 Å². The van der Waals surface area contributed by atoms with E-state index in [-0.39, 0.29) is 23.7 Å². The van der Waals surface area contributed by atoms with Gasteiger partial charge in [-0.2, -0.15) is 0 Å². The Morgan fingerprint density at radius 1 is 1.41 bits per heavy atom. The number of carbonyl (C=O) groups excluding carboxylic acids is 1. The van der Waals surface area contributed by atoms with Crippen molar-refractivity contribution in [2.24, 2.45) is 17.8 Å². The summed E-state index contributed by atoms with van der Waals surface area (Å²) in [4.78, 5) is 25.7. The first-order valence-electron chi connectivity index (χ1n) is 7.78. The van der Waals surface area contributed by atoms with Crippen LogP contribution in [0.4, 0.5) is 0 Å². The number of aliphatic carboxylic acids is 1. The lowest BCUT2D eigenvalue weighted by Crippen LogP contribution is -2.46. The van der Waals surface area contributed by atoms with Gasteiger partial charge in [-0.25, -0.2) is 0 Å². The number of amides is 1. The molecule has 1 fully saturated rings. The fourth-order valence-corrected chi connectivity index (χ4v) is 3.36. The number of likely N-dealkylation sites (tertiary alicyclic amines) is 1. The van der Waals surface area contributed by atoms with E-state index in [1.807, 2.05) is 42.2 Å². The Hall–Kier alpha value is -2.10. The number of benzene rings is 1. The highest BCUT2D eigenvalue weighted by Gasteiger charge is 2.37. The lowest BCUT2D eigenvalue weighted by Gasteiger charge is -2.39. The standard InChI is InChI=1S/C18H23NO3/c1-3-13-12-19(17(20)14-8-6-5-7-9-14)11-10-16(13)15(4-2)18(21)22/h3,5-9,13,15-16H,1,4,10-12H2,2H3,(H,21,22). The number of hydrogen-bond donors (Lipinski definition) is 1. The Balaban J connectivity index is 2.11. The molecule has 118 valence electrons. The molecule has 0 bridgehead atoms. The molecule has 1 aliphatic rings. The maximum absolute atomic E-state index is 12.5. The van der Waals surface area contributed by atoms with Gasteiger partial charge in [0.2, 0.25) is 0 Å². The van der Waals surface area contributed by atoms with Crippen LogP contribution in [0, 0.1) is 17.8 Å². The quantitative estimate of drug-likeness (QED) is 0.850. The average Bonchev–Trinajstić information content (AvgIpc) is 2.55. The van der Waals surface area contributed by atoms with Crippen molar-refractivity contribution in [1.82, 2.24) is 4.90 Å². The largest absolute Gasteiger partial charge is 0.481 e. The van der Waals surface area contributed by atoms with E-state index in [9.17, 15) is 14.7 Å². The van der Waals surface area contributed by atoms with E-state index < -0.39 is 5.97 Å². The van der Waals surface area contributed by atoms with Crippen molar-refractivity contribution in [2.75, 3.05) is 13.1 Å². The number of rotatable bonds is 5. The smallest absolute Gasteiger partial charge is 0.306 e. The van der Waals surface area contributed by atoms with Crippen LogP contribution in [0.3, 0.4) is 0 Å². The van der Waals surface area contributed by atoms with Crippen molar-refractivity contribution in [3.8, 4) is 0 Å². The van der Waals surface area contributed by atoms with E-state index in [1.54, 1.807) is 6.08 Å². The second kappa shape index (κ2) is 7.25. The van der Waals surface area contributed by atoms with Gasteiger partial charge in [0.05, 0.1) is 5.92 Å². The van der Waals surface area contributed by atoms with Crippen molar-refractivity contribution in [3.05, 3.63) is 48.6 Å². The number of carbonyl (C=O) groups is 2. The first-order chi connectivity index (χ1) is 10.6. The van der Waals surface area contributed by atoms with Crippen LogP contribution in [0.2, 0.25) is 0 Å². The maximum atomic E-state index is 12.5. The van der Waals surface area contributed by atoms with Crippen LogP contribution < -0.4 is 0 Å². The molecule has 1 saturated heterocycles. The Morgan fingerprint density at radius 2 is 2.09 bits per heavy atom. The van der Waals surface area contributed by atoms with E-state index in [4.69, 9.17) is 0 Å². The zero-order valence-electron chi connectivity index (χ0n) is 12.9. The molecule has 0 aromatic heterocycles. The molecule has 22 heavy (non-hydrogen) atoms. The number of carboxylic acids is 1. The fourth-order valence-electron chi connectivity index (χ4n) is 3.36. The van der Waals surface area contributed by atoms with Crippen molar-refractivity contribution < 1.29 is 14.7 Å². The maximum Gasteiger partial charge on any atom is 0.306 e. The van der Waals surface area contributed by atoms with E-state index in [2.05, 4.69) is 6.58 Å². The first-order valence-corrected chi connectivity index (χ1v) is 7.78. The summed E-state index contributed by atoms with van der Waals surface area (Å²) in [6.07, 6.45) is 3.12. The van der Waals surface area contributed by atoms with Crippen LogP contribution in [-0.4, -0.2) is 35.0 Å². The minimum atomic E-state index is -0.748. The van der Waals surface area contributed by atoms with E-state index in [0.717, 1.165) is 0 Å². The summed E-state index contributed by atoms with van der Waals surface area (Å²) in [5.41, 5.74) is 0.675. The number of hydrogen-bond acceptors (Lipinski definition) is 2. The Labute approximate surface area is 131 Å².